The van der Waals surface area contributed by atoms with E-state index >= 15 is 0 Å². The molecule has 3 N–H and O–H groups in total. The highest BCUT2D eigenvalue weighted by atomic mass is 19.3. The molecule has 35 heavy (non-hydrogen) atoms. The van der Waals surface area contributed by atoms with Gasteiger partial charge in [0.15, 0.2) is 0 Å². The Labute approximate surface area is 202 Å². The highest BCUT2D eigenvalue weighted by Crippen LogP contribution is 2.20. The first-order chi connectivity index (χ1) is 16.3. The highest BCUT2D eigenvalue weighted by Gasteiger charge is 2.43. The van der Waals surface area contributed by atoms with Gasteiger partial charge in [0.1, 0.15) is 5.60 Å². The second kappa shape index (κ2) is 11.5. The normalized spacial score (nSPS) is 12.3. The number of ether oxygens (including phenoxy) is 1. The molecule has 1 unspecified atom stereocenters. The molecular weight excluding hydrogens is 460 g/mol. The molecule has 8 nitrogen and oxygen atoms in total. The molecule has 3 amide bonds. The van der Waals surface area contributed by atoms with Crippen molar-refractivity contribution >= 4 is 29.4 Å². The molecule has 1 atom stereocenters. The van der Waals surface area contributed by atoms with Crippen molar-refractivity contribution in [3.05, 3.63) is 65.7 Å². The molecule has 0 saturated carbocycles. The number of rotatable bonds is 9. The highest BCUT2D eigenvalue weighted by molar-refractivity contribution is 6.00. The molecule has 0 fully saturated rings. The van der Waals surface area contributed by atoms with Gasteiger partial charge in [-0.25, -0.2) is 4.79 Å². The molecule has 2 aromatic carbocycles. The number of Topliss-reactive ketones (excluding diaryl/α,β-unsaturated/α-hetero) is 1. The van der Waals surface area contributed by atoms with Crippen molar-refractivity contribution in [2.24, 2.45) is 0 Å². The van der Waals surface area contributed by atoms with Crippen LogP contribution >= 0.6 is 0 Å². The van der Waals surface area contributed by atoms with Gasteiger partial charge < -0.3 is 15.4 Å². The van der Waals surface area contributed by atoms with Crippen molar-refractivity contribution in [1.29, 1.82) is 0 Å². The van der Waals surface area contributed by atoms with E-state index in [2.05, 4.69) is 10.6 Å². The van der Waals surface area contributed by atoms with E-state index in [0.29, 0.717) is 11.3 Å². The topological polar surface area (TPSA) is 114 Å². The number of amides is 3. The smallest absolute Gasteiger partial charge is 0.412 e. The molecule has 0 saturated heterocycles. The fourth-order valence-electron chi connectivity index (χ4n) is 3.00. The number of nitrogens with one attached hydrogen (secondary N) is 3. The Morgan fingerprint density at radius 3 is 2.09 bits per heavy atom. The molecule has 188 valence electrons. The summed E-state index contributed by atoms with van der Waals surface area (Å²) in [6, 6.07) is 12.4. The Hall–Kier alpha value is -3.82. The average molecular weight is 490 g/mol. The molecule has 10 heteroatoms. The number of benzene rings is 2. The van der Waals surface area contributed by atoms with Crippen molar-refractivity contribution in [3.8, 4) is 0 Å². The van der Waals surface area contributed by atoms with Crippen LogP contribution in [0, 0.1) is 0 Å². The van der Waals surface area contributed by atoms with Crippen LogP contribution in [0.3, 0.4) is 0 Å². The fourth-order valence-corrected chi connectivity index (χ4v) is 3.00. The Morgan fingerprint density at radius 1 is 0.943 bits per heavy atom. The molecule has 2 rings (SSSR count). The number of hydrogen-bond donors (Lipinski definition) is 3. The summed E-state index contributed by atoms with van der Waals surface area (Å²) < 4.78 is 34.3. The van der Waals surface area contributed by atoms with Gasteiger partial charge in [-0.05, 0) is 50.6 Å². The lowest BCUT2D eigenvalue weighted by Crippen LogP contribution is -2.53. The van der Waals surface area contributed by atoms with Gasteiger partial charge >= 0.3 is 12.0 Å². The van der Waals surface area contributed by atoms with Crippen LogP contribution in [0.25, 0.3) is 0 Å². The summed E-state index contributed by atoms with van der Waals surface area (Å²) in [5.74, 6) is -6.84. The average Bonchev–Trinajstić information content (AvgIpc) is 2.77. The molecule has 0 spiro atoms. The van der Waals surface area contributed by atoms with E-state index in [1.54, 1.807) is 39.0 Å². The molecule has 0 bridgehead atoms. The number of alkyl halides is 2. The zero-order chi connectivity index (χ0) is 26.2. The van der Waals surface area contributed by atoms with Crippen LogP contribution in [0.2, 0.25) is 0 Å². The third-order valence-electron chi connectivity index (χ3n) is 4.62. The molecule has 0 aromatic heterocycles. The zero-order valence-electron chi connectivity index (χ0n) is 20.0. The lowest BCUT2D eigenvalue weighted by atomic mass is 9.97. The standard InChI is InChI=1S/C25H29F2N3O5/c1-16(31)28-15-25(26,27)21(32)20(30-22(33)18-8-6-5-7-9-18)14-17-10-12-19(13-11-17)29-23(34)35-24(2,3)4/h5-13,20H,14-15H2,1-4H3,(H,28,31)(H,29,34)(H,30,33). The predicted octanol–water partition coefficient (Wildman–Crippen LogP) is 3.72. The summed E-state index contributed by atoms with van der Waals surface area (Å²) in [5, 5.41) is 6.86. The number of ketones is 1. The fraction of sp³-hybridized carbons (Fsp3) is 0.360. The first-order valence-electron chi connectivity index (χ1n) is 10.9. The molecular formula is C25H29F2N3O5. The monoisotopic (exact) mass is 489 g/mol. The van der Waals surface area contributed by atoms with Gasteiger partial charge in [0, 0.05) is 24.6 Å². The van der Waals surface area contributed by atoms with Crippen LogP contribution in [0.5, 0.6) is 0 Å². The van der Waals surface area contributed by atoms with Crippen molar-refractivity contribution < 1.29 is 32.7 Å². The number of carbonyl (C=O) groups is 4. The molecule has 0 radical (unpaired) electrons. The van der Waals surface area contributed by atoms with E-state index in [1.807, 2.05) is 5.32 Å². The van der Waals surface area contributed by atoms with Crippen molar-refractivity contribution in [2.75, 3.05) is 11.9 Å². The first kappa shape index (κ1) is 27.4. The third-order valence-corrected chi connectivity index (χ3v) is 4.62. The number of halogens is 2. The summed E-state index contributed by atoms with van der Waals surface area (Å²) >= 11 is 0. The van der Waals surface area contributed by atoms with E-state index in [-0.39, 0.29) is 12.0 Å². The van der Waals surface area contributed by atoms with Crippen LogP contribution in [-0.4, -0.2) is 47.8 Å². The van der Waals surface area contributed by atoms with Gasteiger partial charge in [-0.3, -0.25) is 19.7 Å². The molecule has 0 heterocycles. The van der Waals surface area contributed by atoms with Crippen LogP contribution in [0.4, 0.5) is 19.3 Å². The van der Waals surface area contributed by atoms with Crippen molar-refractivity contribution in [3.63, 3.8) is 0 Å². The van der Waals surface area contributed by atoms with Gasteiger partial charge in [-0.2, -0.15) is 8.78 Å². The summed E-state index contributed by atoms with van der Waals surface area (Å²) in [6.45, 7) is 5.04. The lowest BCUT2D eigenvalue weighted by molar-refractivity contribution is -0.145. The van der Waals surface area contributed by atoms with E-state index in [0.717, 1.165) is 6.92 Å². The number of hydrogen-bond acceptors (Lipinski definition) is 5. The van der Waals surface area contributed by atoms with Crippen LogP contribution in [0.15, 0.2) is 54.6 Å². The maximum atomic E-state index is 14.5. The minimum atomic E-state index is -3.90. The van der Waals surface area contributed by atoms with Crippen molar-refractivity contribution in [2.45, 2.75) is 51.7 Å². The number of carbonyl (C=O) groups excluding carboxylic acids is 4. The van der Waals surface area contributed by atoms with Gasteiger partial charge in [-0.1, -0.05) is 30.3 Å². The molecule has 0 aliphatic carbocycles. The maximum absolute atomic E-state index is 14.5. The Balaban J connectivity index is 2.19. The second-order valence-corrected chi connectivity index (χ2v) is 8.90. The predicted molar refractivity (Wildman–Crippen MR) is 126 cm³/mol. The summed E-state index contributed by atoms with van der Waals surface area (Å²) in [6.07, 6.45) is -0.897. The van der Waals surface area contributed by atoms with Gasteiger partial charge in [0.2, 0.25) is 11.7 Å². The Kier molecular flexibility index (Phi) is 9.05. The minimum Gasteiger partial charge on any atom is -0.444 e. The van der Waals surface area contributed by atoms with Gasteiger partial charge in [0.25, 0.3) is 5.91 Å². The number of anilines is 1. The molecule has 0 aliphatic heterocycles. The summed E-state index contributed by atoms with van der Waals surface area (Å²) in [4.78, 5) is 48.3. The van der Waals surface area contributed by atoms with E-state index in [1.165, 1.54) is 36.4 Å². The third kappa shape index (κ3) is 9.15. The van der Waals surface area contributed by atoms with E-state index in [9.17, 15) is 28.0 Å². The quantitative estimate of drug-likeness (QED) is 0.497. The maximum Gasteiger partial charge on any atom is 0.412 e. The molecule has 2 aromatic rings. The van der Waals surface area contributed by atoms with Gasteiger partial charge in [-0.15, -0.1) is 0 Å². The second-order valence-electron chi connectivity index (χ2n) is 8.90. The van der Waals surface area contributed by atoms with Gasteiger partial charge in [0.05, 0.1) is 12.6 Å². The Morgan fingerprint density at radius 2 is 1.54 bits per heavy atom. The van der Waals surface area contributed by atoms with E-state index < -0.39 is 47.8 Å². The van der Waals surface area contributed by atoms with E-state index in [4.69, 9.17) is 4.74 Å². The molecule has 0 aliphatic rings. The summed E-state index contributed by atoms with van der Waals surface area (Å²) in [7, 11) is 0. The van der Waals surface area contributed by atoms with Crippen LogP contribution in [0.1, 0.15) is 43.6 Å². The zero-order valence-corrected chi connectivity index (χ0v) is 20.0. The van der Waals surface area contributed by atoms with Crippen molar-refractivity contribution in [1.82, 2.24) is 10.6 Å². The lowest BCUT2D eigenvalue weighted by Gasteiger charge is -2.23. The summed E-state index contributed by atoms with van der Waals surface area (Å²) in [5.41, 5.74) is 0.376. The minimum absolute atomic E-state index is 0.201. The first-order valence-corrected chi connectivity index (χ1v) is 10.9. The largest absolute Gasteiger partial charge is 0.444 e. The van der Waals surface area contributed by atoms with Crippen LogP contribution < -0.4 is 16.0 Å². The SMILES string of the molecule is CC(=O)NCC(F)(F)C(=O)C(Cc1ccc(NC(=O)OC(C)(C)C)cc1)NC(=O)c1ccccc1. The Bertz CT molecular complexity index is 1050. The van der Waals surface area contributed by atoms with Crippen LogP contribution in [-0.2, 0) is 20.7 Å².